The molecule has 1 saturated heterocycles. The third-order valence-electron chi connectivity index (χ3n) is 3.01. The average molecular weight is 293 g/mol. The molecule has 0 bridgehead atoms. The molecule has 1 heterocycles. The molecule has 1 aromatic carbocycles. The molecule has 2 rings (SSSR count). The lowest BCUT2D eigenvalue weighted by Crippen LogP contribution is -2.29. The fourth-order valence-electron chi connectivity index (χ4n) is 2.01. The monoisotopic (exact) mass is 293 g/mol. The van der Waals surface area contributed by atoms with E-state index in [4.69, 9.17) is 15.6 Å². The normalized spacial score (nSPS) is 20.8. The lowest BCUT2D eigenvalue weighted by atomic mass is 10.2. The van der Waals surface area contributed by atoms with E-state index in [1.807, 2.05) is 0 Å². The Morgan fingerprint density at radius 3 is 2.05 bits per heavy atom. The van der Waals surface area contributed by atoms with Gasteiger partial charge in [-0.05, 0) is 37.1 Å². The molecule has 2 atom stereocenters. The van der Waals surface area contributed by atoms with Crippen molar-refractivity contribution in [1.82, 2.24) is 0 Å². The molecule has 8 nitrogen and oxygen atoms in total. The van der Waals surface area contributed by atoms with E-state index in [1.54, 1.807) is 24.3 Å². The van der Waals surface area contributed by atoms with E-state index in [9.17, 15) is 14.4 Å². The van der Waals surface area contributed by atoms with Crippen molar-refractivity contribution >= 4 is 29.3 Å². The number of primary amides is 1. The number of urea groups is 1. The van der Waals surface area contributed by atoms with Gasteiger partial charge in [-0.25, -0.2) is 9.59 Å². The van der Waals surface area contributed by atoms with Crippen LogP contribution < -0.4 is 16.4 Å². The first-order valence-electron chi connectivity index (χ1n) is 6.31. The summed E-state index contributed by atoms with van der Waals surface area (Å²) in [6, 6.07) is 5.66. The van der Waals surface area contributed by atoms with Gasteiger partial charge >= 0.3 is 12.0 Å². The molecule has 1 aromatic rings. The molecule has 0 unspecified atom stereocenters. The first kappa shape index (κ1) is 14.8. The Morgan fingerprint density at radius 1 is 1.05 bits per heavy atom. The highest BCUT2D eigenvalue weighted by atomic mass is 16.5. The molecule has 5 N–H and O–H groups in total. The van der Waals surface area contributed by atoms with Gasteiger partial charge in [0.05, 0.1) is 0 Å². The van der Waals surface area contributed by atoms with E-state index in [1.165, 1.54) is 0 Å². The fraction of sp³-hybridized carbons (Fsp3) is 0.308. The number of anilines is 2. The molecule has 0 spiro atoms. The van der Waals surface area contributed by atoms with Crippen LogP contribution in [0.25, 0.3) is 0 Å². The van der Waals surface area contributed by atoms with Gasteiger partial charge in [0, 0.05) is 11.4 Å². The molecule has 0 aliphatic carbocycles. The smallest absolute Gasteiger partial charge is 0.332 e. The van der Waals surface area contributed by atoms with Crippen molar-refractivity contribution < 1.29 is 24.2 Å². The number of benzene rings is 1. The number of nitrogens with two attached hydrogens (primary N) is 1. The lowest BCUT2D eigenvalue weighted by Gasteiger charge is -2.12. The van der Waals surface area contributed by atoms with Gasteiger partial charge in [0.1, 0.15) is 6.10 Å². The molecule has 1 aliphatic heterocycles. The number of aliphatic carboxylic acids is 1. The summed E-state index contributed by atoms with van der Waals surface area (Å²) in [5, 5.41) is 13.8. The number of amides is 3. The van der Waals surface area contributed by atoms with Gasteiger partial charge in [-0.3, -0.25) is 4.79 Å². The Hall–Kier alpha value is -2.61. The van der Waals surface area contributed by atoms with E-state index in [-0.39, 0.29) is 0 Å². The van der Waals surface area contributed by atoms with Crippen molar-refractivity contribution in [3.63, 3.8) is 0 Å². The molecule has 112 valence electrons. The van der Waals surface area contributed by atoms with Gasteiger partial charge in [-0.1, -0.05) is 0 Å². The zero-order valence-corrected chi connectivity index (χ0v) is 11.0. The molecule has 1 fully saturated rings. The van der Waals surface area contributed by atoms with Crippen LogP contribution >= 0.6 is 0 Å². The highest BCUT2D eigenvalue weighted by molar-refractivity contribution is 5.95. The van der Waals surface area contributed by atoms with Crippen molar-refractivity contribution in [3.8, 4) is 0 Å². The van der Waals surface area contributed by atoms with Crippen LogP contribution in [0.5, 0.6) is 0 Å². The second-order valence-corrected chi connectivity index (χ2v) is 4.58. The van der Waals surface area contributed by atoms with Gasteiger partial charge in [0.25, 0.3) is 5.91 Å². The largest absolute Gasteiger partial charge is 0.479 e. The van der Waals surface area contributed by atoms with Crippen LogP contribution in [0.15, 0.2) is 24.3 Å². The molecular formula is C13H15N3O5. The van der Waals surface area contributed by atoms with Crippen molar-refractivity contribution in [2.24, 2.45) is 5.73 Å². The Labute approximate surface area is 120 Å². The maximum absolute atomic E-state index is 11.9. The highest BCUT2D eigenvalue weighted by Crippen LogP contribution is 2.22. The van der Waals surface area contributed by atoms with Gasteiger partial charge in [0.15, 0.2) is 6.10 Å². The topological polar surface area (TPSA) is 131 Å². The number of rotatable bonds is 4. The molecule has 1 aliphatic rings. The summed E-state index contributed by atoms with van der Waals surface area (Å²) in [5.74, 6) is -1.46. The van der Waals surface area contributed by atoms with Crippen LogP contribution in [0, 0.1) is 0 Å². The van der Waals surface area contributed by atoms with Crippen LogP contribution in [0.2, 0.25) is 0 Å². The zero-order chi connectivity index (χ0) is 15.4. The maximum atomic E-state index is 11.9. The average Bonchev–Trinajstić information content (AvgIpc) is 2.90. The number of hydrogen-bond donors (Lipinski definition) is 4. The van der Waals surface area contributed by atoms with Crippen molar-refractivity contribution in [2.75, 3.05) is 10.6 Å². The number of carboxylic acid groups (broad SMARTS) is 1. The van der Waals surface area contributed by atoms with Gasteiger partial charge < -0.3 is 26.2 Å². The number of carboxylic acids is 1. The highest BCUT2D eigenvalue weighted by Gasteiger charge is 2.34. The summed E-state index contributed by atoms with van der Waals surface area (Å²) in [4.78, 5) is 33.3. The van der Waals surface area contributed by atoms with Crippen LogP contribution in [0.4, 0.5) is 16.2 Å². The molecule has 8 heteroatoms. The predicted molar refractivity (Wildman–Crippen MR) is 73.8 cm³/mol. The molecule has 3 amide bonds. The van der Waals surface area contributed by atoms with Crippen molar-refractivity contribution in [1.29, 1.82) is 0 Å². The van der Waals surface area contributed by atoms with Crippen molar-refractivity contribution in [2.45, 2.75) is 25.0 Å². The molecule has 0 aromatic heterocycles. The minimum absolute atomic E-state index is 0.314. The van der Waals surface area contributed by atoms with E-state index in [0.717, 1.165) is 0 Å². The second kappa shape index (κ2) is 6.23. The quantitative estimate of drug-likeness (QED) is 0.650. The zero-order valence-electron chi connectivity index (χ0n) is 11.0. The first-order valence-corrected chi connectivity index (χ1v) is 6.31. The summed E-state index contributed by atoms with van der Waals surface area (Å²) < 4.78 is 5.15. The summed E-state index contributed by atoms with van der Waals surface area (Å²) >= 11 is 0. The first-order chi connectivity index (χ1) is 9.95. The van der Waals surface area contributed by atoms with Crippen LogP contribution in [-0.4, -0.2) is 35.2 Å². The lowest BCUT2D eigenvalue weighted by molar-refractivity contribution is -0.150. The Morgan fingerprint density at radius 2 is 1.57 bits per heavy atom. The summed E-state index contributed by atoms with van der Waals surface area (Å²) in [7, 11) is 0. The third-order valence-corrected chi connectivity index (χ3v) is 3.01. The van der Waals surface area contributed by atoms with E-state index >= 15 is 0 Å². The number of nitrogens with one attached hydrogen (secondary N) is 2. The van der Waals surface area contributed by atoms with Crippen LogP contribution in [0.3, 0.4) is 0 Å². The SMILES string of the molecule is NC(=O)Nc1ccc(NC(=O)[C@@H]2CC[C@H](C(=O)O)O2)cc1. The minimum Gasteiger partial charge on any atom is -0.479 e. The molecule has 21 heavy (non-hydrogen) atoms. The van der Waals surface area contributed by atoms with Gasteiger partial charge in [0.2, 0.25) is 0 Å². The van der Waals surface area contributed by atoms with Crippen molar-refractivity contribution in [3.05, 3.63) is 24.3 Å². The Kier molecular flexibility index (Phi) is 4.39. The molecule has 0 saturated carbocycles. The third kappa shape index (κ3) is 3.93. The van der Waals surface area contributed by atoms with Gasteiger partial charge in [-0.2, -0.15) is 0 Å². The van der Waals surface area contributed by atoms with E-state index < -0.39 is 30.1 Å². The summed E-state index contributed by atoms with van der Waals surface area (Å²) in [6.45, 7) is 0. The number of ether oxygens (including phenoxy) is 1. The Balaban J connectivity index is 1.91. The van der Waals surface area contributed by atoms with Crippen LogP contribution in [0.1, 0.15) is 12.8 Å². The Bertz CT molecular complexity index is 557. The summed E-state index contributed by atoms with van der Waals surface area (Å²) in [6.07, 6.45) is -1.02. The molecular weight excluding hydrogens is 278 g/mol. The standard InChI is InChI=1S/C13H15N3O5/c14-13(20)16-8-3-1-7(2-4-8)15-11(17)9-5-6-10(21-9)12(18)19/h1-4,9-10H,5-6H2,(H,15,17)(H,18,19)(H3,14,16,20)/t9-,10+/m0/s1. The maximum Gasteiger partial charge on any atom is 0.332 e. The minimum atomic E-state index is -1.06. The van der Waals surface area contributed by atoms with Gasteiger partial charge in [-0.15, -0.1) is 0 Å². The number of carbonyl (C=O) groups excluding carboxylic acids is 2. The summed E-state index contributed by atoms with van der Waals surface area (Å²) in [5.41, 5.74) is 5.99. The van der Waals surface area contributed by atoms with E-state index in [2.05, 4.69) is 10.6 Å². The fourth-order valence-corrected chi connectivity index (χ4v) is 2.01. The second-order valence-electron chi connectivity index (χ2n) is 4.58. The predicted octanol–water partition coefficient (Wildman–Crippen LogP) is 0.748. The van der Waals surface area contributed by atoms with E-state index in [0.29, 0.717) is 24.2 Å². The molecule has 0 radical (unpaired) electrons. The number of carbonyl (C=O) groups is 3. The van der Waals surface area contributed by atoms with Crippen LogP contribution in [-0.2, 0) is 14.3 Å². The number of hydrogen-bond acceptors (Lipinski definition) is 4.